The van der Waals surface area contributed by atoms with E-state index in [1.165, 1.54) is 18.5 Å². The summed E-state index contributed by atoms with van der Waals surface area (Å²) in [4.78, 5) is 13.1. The van der Waals surface area contributed by atoms with Crippen molar-refractivity contribution in [3.05, 3.63) is 30.5 Å². The van der Waals surface area contributed by atoms with Crippen molar-refractivity contribution in [2.24, 2.45) is 0 Å². The van der Waals surface area contributed by atoms with Gasteiger partial charge in [0.15, 0.2) is 0 Å². The van der Waals surface area contributed by atoms with Crippen LogP contribution < -0.4 is 16.4 Å². The van der Waals surface area contributed by atoms with Crippen LogP contribution in [-0.4, -0.2) is 47.1 Å². The fraction of sp³-hybridized carbons (Fsp3) is 0.474. The lowest BCUT2D eigenvalue weighted by atomic mass is 10.0. The second-order valence-electron chi connectivity index (χ2n) is 6.51. The van der Waals surface area contributed by atoms with Crippen molar-refractivity contribution in [1.29, 1.82) is 0 Å². The lowest BCUT2D eigenvalue weighted by molar-refractivity contribution is 0.186. The van der Waals surface area contributed by atoms with Crippen molar-refractivity contribution in [2.75, 3.05) is 42.5 Å². The Balaban J connectivity index is 1.67. The molecule has 0 atom stereocenters. The first-order valence-corrected chi connectivity index (χ1v) is 9.09. The highest BCUT2D eigenvalue weighted by molar-refractivity contribution is 5.74. The van der Waals surface area contributed by atoms with Crippen LogP contribution in [0.3, 0.4) is 0 Å². The van der Waals surface area contributed by atoms with Crippen molar-refractivity contribution in [2.45, 2.75) is 32.7 Å². The highest BCUT2D eigenvalue weighted by atomic mass is 15.2. The van der Waals surface area contributed by atoms with Crippen molar-refractivity contribution in [1.82, 2.24) is 14.9 Å². The minimum atomic E-state index is 0.203. The number of anilines is 3. The summed E-state index contributed by atoms with van der Waals surface area (Å²) in [5, 5.41) is 0. The molecule has 1 aliphatic rings. The van der Waals surface area contributed by atoms with Crippen molar-refractivity contribution < 1.29 is 0 Å². The normalized spacial score (nSPS) is 15.7. The third-order valence-electron chi connectivity index (χ3n) is 5.17. The highest BCUT2D eigenvalue weighted by Gasteiger charge is 2.23. The Bertz CT molecular complexity index is 688. The molecule has 0 aliphatic carbocycles. The summed E-state index contributed by atoms with van der Waals surface area (Å²) in [6.45, 7) is 8.99. The molecule has 0 saturated carbocycles. The lowest BCUT2D eigenvalue weighted by Crippen LogP contribution is -2.44. The maximum atomic E-state index is 5.96. The molecule has 1 aliphatic heterocycles. The number of nitrogen functional groups attached to an aromatic ring is 2. The van der Waals surface area contributed by atoms with Crippen LogP contribution in [0.25, 0.3) is 11.1 Å². The van der Waals surface area contributed by atoms with E-state index in [4.69, 9.17) is 11.5 Å². The van der Waals surface area contributed by atoms with E-state index >= 15 is 0 Å². The molecule has 4 N–H and O–H groups in total. The number of benzene rings is 1. The monoisotopic (exact) mass is 340 g/mol. The summed E-state index contributed by atoms with van der Waals surface area (Å²) in [5.41, 5.74) is 14.6. The number of nitrogens with two attached hydrogens (primary N) is 2. The maximum absolute atomic E-state index is 5.96. The van der Waals surface area contributed by atoms with Gasteiger partial charge in [-0.15, -0.1) is 0 Å². The van der Waals surface area contributed by atoms with Gasteiger partial charge in [0.2, 0.25) is 5.95 Å². The van der Waals surface area contributed by atoms with Gasteiger partial charge < -0.3 is 21.3 Å². The van der Waals surface area contributed by atoms with E-state index in [0.29, 0.717) is 5.82 Å². The Kier molecular flexibility index (Phi) is 5.38. The summed E-state index contributed by atoms with van der Waals surface area (Å²) in [5.74, 6) is 0.620. The molecule has 1 aromatic carbocycles. The van der Waals surface area contributed by atoms with Crippen LogP contribution in [0.15, 0.2) is 30.5 Å². The zero-order valence-corrected chi connectivity index (χ0v) is 15.2. The summed E-state index contributed by atoms with van der Waals surface area (Å²) < 4.78 is 0. The van der Waals surface area contributed by atoms with Gasteiger partial charge in [0, 0.05) is 36.6 Å². The second-order valence-corrected chi connectivity index (χ2v) is 6.51. The Labute approximate surface area is 149 Å². The minimum absolute atomic E-state index is 0.203. The molecule has 6 heteroatoms. The molecule has 0 spiro atoms. The molecule has 1 saturated heterocycles. The maximum Gasteiger partial charge on any atom is 0.221 e. The quantitative estimate of drug-likeness (QED) is 0.870. The topological polar surface area (TPSA) is 84.3 Å². The number of nitrogens with zero attached hydrogens (tertiary/aromatic N) is 4. The van der Waals surface area contributed by atoms with E-state index in [2.05, 4.69) is 57.9 Å². The van der Waals surface area contributed by atoms with Crippen LogP contribution in [0.4, 0.5) is 17.5 Å². The zero-order valence-electron chi connectivity index (χ0n) is 15.2. The molecule has 25 heavy (non-hydrogen) atoms. The third kappa shape index (κ3) is 3.85. The fourth-order valence-electron chi connectivity index (χ4n) is 3.71. The number of hydrogen-bond acceptors (Lipinski definition) is 6. The molecule has 0 unspecified atom stereocenters. The Hall–Kier alpha value is -2.34. The van der Waals surface area contributed by atoms with Gasteiger partial charge in [0.1, 0.15) is 5.82 Å². The first-order valence-electron chi connectivity index (χ1n) is 9.09. The van der Waals surface area contributed by atoms with Gasteiger partial charge >= 0.3 is 0 Å². The van der Waals surface area contributed by atoms with Crippen LogP contribution in [0.2, 0.25) is 0 Å². The predicted octanol–water partition coefficient (Wildman–Crippen LogP) is 2.62. The molecular weight excluding hydrogens is 312 g/mol. The molecule has 0 bridgehead atoms. The van der Waals surface area contributed by atoms with E-state index in [1.807, 2.05) is 0 Å². The van der Waals surface area contributed by atoms with E-state index in [-0.39, 0.29) is 5.95 Å². The van der Waals surface area contributed by atoms with Crippen molar-refractivity contribution in [3.8, 4) is 11.1 Å². The van der Waals surface area contributed by atoms with Gasteiger partial charge in [-0.25, -0.2) is 4.98 Å². The van der Waals surface area contributed by atoms with E-state index in [9.17, 15) is 0 Å². The lowest BCUT2D eigenvalue weighted by Gasteiger charge is -2.38. The van der Waals surface area contributed by atoms with Crippen LogP contribution in [0, 0.1) is 0 Å². The number of hydrogen-bond donors (Lipinski definition) is 2. The van der Waals surface area contributed by atoms with Gasteiger partial charge in [-0.2, -0.15) is 4.98 Å². The summed E-state index contributed by atoms with van der Waals surface area (Å²) >= 11 is 0. The van der Waals surface area contributed by atoms with Gasteiger partial charge in [-0.05, 0) is 43.6 Å². The molecular formula is C19H28N6. The molecule has 6 nitrogen and oxygen atoms in total. The minimum Gasteiger partial charge on any atom is -0.383 e. The van der Waals surface area contributed by atoms with Crippen LogP contribution in [0.5, 0.6) is 0 Å². The molecule has 0 radical (unpaired) electrons. The van der Waals surface area contributed by atoms with E-state index in [1.54, 1.807) is 6.20 Å². The van der Waals surface area contributed by atoms with E-state index in [0.717, 1.165) is 43.3 Å². The molecule has 1 aromatic heterocycles. The number of rotatable bonds is 5. The van der Waals surface area contributed by atoms with Gasteiger partial charge in [0.25, 0.3) is 0 Å². The van der Waals surface area contributed by atoms with Crippen molar-refractivity contribution >= 4 is 17.5 Å². The Morgan fingerprint density at radius 3 is 2.28 bits per heavy atom. The van der Waals surface area contributed by atoms with Gasteiger partial charge in [-0.1, -0.05) is 26.0 Å². The number of piperidine rings is 1. The first-order chi connectivity index (χ1) is 12.1. The highest BCUT2D eigenvalue weighted by Crippen LogP contribution is 2.28. The summed E-state index contributed by atoms with van der Waals surface area (Å²) in [6, 6.07) is 9.19. The zero-order chi connectivity index (χ0) is 17.8. The van der Waals surface area contributed by atoms with Crippen LogP contribution >= 0.6 is 0 Å². The standard InChI is InChI=1S/C19H28N6/c1-3-24(4-2)16-9-11-25(12-10-16)15-7-5-14(6-8-15)17-13-22-19(21)23-18(17)20/h5-8,13,16H,3-4,9-12H2,1-2H3,(H4,20,21,22,23). The van der Waals surface area contributed by atoms with E-state index < -0.39 is 0 Å². The first kappa shape index (κ1) is 17.5. The van der Waals surface area contributed by atoms with Gasteiger partial charge in [-0.3, -0.25) is 0 Å². The molecule has 3 rings (SSSR count). The average molecular weight is 340 g/mol. The summed E-state index contributed by atoms with van der Waals surface area (Å²) in [6.07, 6.45) is 4.13. The fourth-order valence-corrected chi connectivity index (χ4v) is 3.71. The van der Waals surface area contributed by atoms with Crippen LogP contribution in [-0.2, 0) is 0 Å². The Morgan fingerprint density at radius 2 is 1.72 bits per heavy atom. The molecule has 2 heterocycles. The third-order valence-corrected chi connectivity index (χ3v) is 5.17. The average Bonchev–Trinajstić information content (AvgIpc) is 2.64. The van der Waals surface area contributed by atoms with Crippen LogP contribution in [0.1, 0.15) is 26.7 Å². The second kappa shape index (κ2) is 7.70. The SMILES string of the molecule is CCN(CC)C1CCN(c2ccc(-c3cnc(N)nc3N)cc2)CC1. The molecule has 1 fully saturated rings. The molecule has 2 aromatic rings. The predicted molar refractivity (Wildman–Crippen MR) is 104 cm³/mol. The molecule has 0 amide bonds. The largest absolute Gasteiger partial charge is 0.383 e. The summed E-state index contributed by atoms with van der Waals surface area (Å²) in [7, 11) is 0. The number of aromatic nitrogens is 2. The van der Waals surface area contributed by atoms with Crippen molar-refractivity contribution in [3.63, 3.8) is 0 Å². The Morgan fingerprint density at radius 1 is 1.08 bits per heavy atom. The molecule has 134 valence electrons. The smallest absolute Gasteiger partial charge is 0.221 e. The van der Waals surface area contributed by atoms with Gasteiger partial charge in [0.05, 0.1) is 0 Å².